The van der Waals surface area contributed by atoms with Crippen molar-refractivity contribution in [3.8, 4) is 33.8 Å². The van der Waals surface area contributed by atoms with Gasteiger partial charge in [-0.05, 0) is 45.2 Å². The average molecular weight is 449 g/mol. The predicted octanol–water partition coefficient (Wildman–Crippen LogP) is 8.42. The van der Waals surface area contributed by atoms with Gasteiger partial charge in [0.25, 0.3) is 0 Å². The molecule has 0 amide bonds. The Morgan fingerprint density at radius 3 is 2.23 bits per heavy atom. The molecule has 5 aromatic carbocycles. The fraction of sp³-hybridized carbons (Fsp3) is 0.0909. The summed E-state index contributed by atoms with van der Waals surface area (Å²) in [6.45, 7) is 4.65. The predicted molar refractivity (Wildman–Crippen MR) is 145 cm³/mol. The molecule has 0 saturated carbocycles. The summed E-state index contributed by atoms with van der Waals surface area (Å²) in [5.74, 6) is 0.755. The van der Waals surface area contributed by atoms with Crippen molar-refractivity contribution in [1.82, 2.24) is 9.97 Å². The van der Waals surface area contributed by atoms with Crippen LogP contribution in [0.1, 0.15) is 25.0 Å². The van der Waals surface area contributed by atoms with Crippen molar-refractivity contribution in [1.29, 1.82) is 0 Å². The maximum atomic E-state index is 5.07. The normalized spacial score (nSPS) is 13.7. The van der Waals surface area contributed by atoms with Gasteiger partial charge in [0, 0.05) is 21.9 Å². The van der Waals surface area contributed by atoms with E-state index in [-0.39, 0.29) is 5.41 Å². The van der Waals surface area contributed by atoms with Crippen LogP contribution in [0.2, 0.25) is 0 Å². The van der Waals surface area contributed by atoms with Gasteiger partial charge in [-0.1, -0.05) is 111 Å². The lowest BCUT2D eigenvalue weighted by molar-refractivity contribution is 0.661. The summed E-state index contributed by atoms with van der Waals surface area (Å²) in [7, 11) is 0. The van der Waals surface area contributed by atoms with E-state index in [4.69, 9.17) is 9.97 Å². The Balaban J connectivity index is 1.44. The summed E-state index contributed by atoms with van der Waals surface area (Å²) in [6, 6.07) is 38.7. The van der Waals surface area contributed by atoms with E-state index in [9.17, 15) is 0 Å². The molecule has 7 rings (SSSR count). The van der Waals surface area contributed by atoms with Gasteiger partial charge in [-0.15, -0.1) is 0 Å². The zero-order valence-electron chi connectivity index (χ0n) is 19.8. The van der Waals surface area contributed by atoms with E-state index < -0.39 is 0 Å². The molecule has 0 aliphatic heterocycles. The van der Waals surface area contributed by atoms with E-state index in [1.54, 1.807) is 0 Å². The topological polar surface area (TPSA) is 25.8 Å². The van der Waals surface area contributed by atoms with E-state index in [1.807, 2.05) is 18.2 Å². The number of fused-ring (bicyclic) bond motifs is 6. The third-order valence-corrected chi connectivity index (χ3v) is 7.47. The molecule has 1 aliphatic carbocycles. The molecule has 2 heteroatoms. The molecule has 0 fully saturated rings. The lowest BCUT2D eigenvalue weighted by Gasteiger charge is -2.21. The fourth-order valence-corrected chi connectivity index (χ4v) is 5.69. The minimum atomic E-state index is 0.00479. The summed E-state index contributed by atoms with van der Waals surface area (Å²) in [6.07, 6.45) is 0. The molecule has 1 aliphatic rings. The molecule has 2 nitrogen and oxygen atoms in total. The number of hydrogen-bond donors (Lipinski definition) is 0. The second-order valence-corrected chi connectivity index (χ2v) is 9.87. The monoisotopic (exact) mass is 448 g/mol. The van der Waals surface area contributed by atoms with E-state index in [0.29, 0.717) is 0 Å². The zero-order valence-corrected chi connectivity index (χ0v) is 19.8. The maximum absolute atomic E-state index is 5.07. The first kappa shape index (κ1) is 20.1. The highest BCUT2D eigenvalue weighted by molar-refractivity contribution is 6.03. The van der Waals surface area contributed by atoms with Gasteiger partial charge in [0.2, 0.25) is 0 Å². The molecule has 35 heavy (non-hydrogen) atoms. The van der Waals surface area contributed by atoms with Crippen LogP contribution >= 0.6 is 0 Å². The Hall–Kier alpha value is -4.30. The van der Waals surface area contributed by atoms with E-state index >= 15 is 0 Å². The van der Waals surface area contributed by atoms with Gasteiger partial charge in [0.1, 0.15) is 0 Å². The molecule has 1 heterocycles. The molecular formula is C33H24N2. The molecule has 0 bridgehead atoms. The van der Waals surface area contributed by atoms with Crippen LogP contribution in [0.3, 0.4) is 0 Å². The molecule has 0 spiro atoms. The molecule has 0 atom stereocenters. The largest absolute Gasteiger partial charge is 0.228 e. The van der Waals surface area contributed by atoms with Gasteiger partial charge < -0.3 is 0 Å². The van der Waals surface area contributed by atoms with Crippen LogP contribution in [0.5, 0.6) is 0 Å². The van der Waals surface area contributed by atoms with E-state index in [2.05, 4.69) is 105 Å². The van der Waals surface area contributed by atoms with Crippen LogP contribution in [0.25, 0.3) is 55.4 Å². The molecule has 6 aromatic rings. The minimum absolute atomic E-state index is 0.00479. The lowest BCUT2D eigenvalue weighted by atomic mass is 9.82. The van der Waals surface area contributed by atoms with Crippen molar-refractivity contribution in [2.45, 2.75) is 19.3 Å². The van der Waals surface area contributed by atoms with Gasteiger partial charge in [0.05, 0.1) is 11.2 Å². The highest BCUT2D eigenvalue weighted by Gasteiger charge is 2.35. The Labute approximate surface area is 204 Å². The van der Waals surface area contributed by atoms with Crippen molar-refractivity contribution in [3.05, 3.63) is 120 Å². The van der Waals surface area contributed by atoms with E-state index in [1.165, 1.54) is 33.0 Å². The van der Waals surface area contributed by atoms with Crippen LogP contribution in [0.15, 0.2) is 109 Å². The fourth-order valence-electron chi connectivity index (χ4n) is 5.69. The Morgan fingerprint density at radius 2 is 1.34 bits per heavy atom. The Kier molecular flexibility index (Phi) is 4.22. The van der Waals surface area contributed by atoms with Crippen molar-refractivity contribution in [3.63, 3.8) is 0 Å². The summed E-state index contributed by atoms with van der Waals surface area (Å²) in [4.78, 5) is 10.0. The number of benzene rings is 5. The van der Waals surface area contributed by atoms with Crippen LogP contribution < -0.4 is 0 Å². The molecule has 0 radical (unpaired) electrons. The first-order chi connectivity index (χ1) is 17.1. The Morgan fingerprint density at radius 1 is 0.571 bits per heavy atom. The summed E-state index contributed by atoms with van der Waals surface area (Å²) >= 11 is 0. The summed E-state index contributed by atoms with van der Waals surface area (Å²) in [5.41, 5.74) is 9.57. The number of hydrogen-bond acceptors (Lipinski definition) is 2. The van der Waals surface area contributed by atoms with Crippen LogP contribution in [-0.4, -0.2) is 9.97 Å². The zero-order chi connectivity index (χ0) is 23.6. The van der Waals surface area contributed by atoms with Gasteiger partial charge >= 0.3 is 0 Å². The van der Waals surface area contributed by atoms with E-state index in [0.717, 1.165) is 33.5 Å². The van der Waals surface area contributed by atoms with Crippen LogP contribution in [0, 0.1) is 0 Å². The lowest BCUT2D eigenvalue weighted by Crippen LogP contribution is -2.14. The smallest absolute Gasteiger partial charge is 0.160 e. The number of nitrogens with zero attached hydrogens (tertiary/aromatic N) is 2. The second kappa shape index (κ2) is 7.35. The van der Waals surface area contributed by atoms with Crippen molar-refractivity contribution < 1.29 is 0 Å². The number of aromatic nitrogens is 2. The minimum Gasteiger partial charge on any atom is -0.228 e. The number of para-hydroxylation sites is 1. The van der Waals surface area contributed by atoms with Gasteiger partial charge in [0.15, 0.2) is 5.82 Å². The van der Waals surface area contributed by atoms with Crippen molar-refractivity contribution in [2.24, 2.45) is 0 Å². The summed E-state index contributed by atoms with van der Waals surface area (Å²) < 4.78 is 0. The Bertz CT molecular complexity index is 1760. The van der Waals surface area contributed by atoms with Crippen molar-refractivity contribution >= 4 is 21.7 Å². The quantitative estimate of drug-likeness (QED) is 0.266. The molecule has 1 aromatic heterocycles. The summed E-state index contributed by atoms with van der Waals surface area (Å²) in [5, 5.41) is 3.57. The van der Waals surface area contributed by atoms with Crippen LogP contribution in [-0.2, 0) is 5.41 Å². The maximum Gasteiger partial charge on any atom is 0.160 e. The SMILES string of the molecule is CC1(C)c2ccccc2-c2c1ccc1cc(-c3nc(-c4ccccc4)c4ccccc4n3)ccc21. The molecule has 0 saturated heterocycles. The highest BCUT2D eigenvalue weighted by Crippen LogP contribution is 2.51. The number of rotatable bonds is 2. The molecule has 0 N–H and O–H groups in total. The third-order valence-electron chi connectivity index (χ3n) is 7.47. The molecular weight excluding hydrogens is 424 g/mol. The van der Waals surface area contributed by atoms with Crippen LogP contribution in [0.4, 0.5) is 0 Å². The average Bonchev–Trinajstić information content (AvgIpc) is 3.15. The standard InChI is InChI=1S/C33H24N2/c1-33(2)27-14-8-6-12-25(27)30-24-18-16-23(20-22(24)17-19-28(30)33)32-34-29-15-9-7-13-26(29)31(35-32)21-10-4-3-5-11-21/h3-20H,1-2H3. The third kappa shape index (κ3) is 2.96. The van der Waals surface area contributed by atoms with Gasteiger partial charge in [-0.2, -0.15) is 0 Å². The first-order valence-electron chi connectivity index (χ1n) is 12.1. The molecule has 0 unspecified atom stereocenters. The highest BCUT2D eigenvalue weighted by atomic mass is 14.9. The second-order valence-electron chi connectivity index (χ2n) is 9.87. The van der Waals surface area contributed by atoms with Gasteiger partial charge in [-0.3, -0.25) is 0 Å². The molecule has 166 valence electrons. The first-order valence-corrected chi connectivity index (χ1v) is 12.1. The van der Waals surface area contributed by atoms with Crippen molar-refractivity contribution in [2.75, 3.05) is 0 Å². The van der Waals surface area contributed by atoms with Gasteiger partial charge in [-0.25, -0.2) is 9.97 Å².